The van der Waals surface area contributed by atoms with E-state index < -0.39 is 20.0 Å². The molecule has 1 aliphatic rings. The molecular formula is C13H20N2O4S2. The Bertz CT molecular complexity index is 693. The number of benzene rings is 1. The molecule has 0 aliphatic heterocycles. The molecule has 0 atom stereocenters. The summed E-state index contributed by atoms with van der Waals surface area (Å²) in [5, 5.41) is 5.01. The second-order valence-electron chi connectivity index (χ2n) is 5.36. The summed E-state index contributed by atoms with van der Waals surface area (Å²) in [7, 11) is -7.62. The molecule has 8 heteroatoms. The maximum Gasteiger partial charge on any atom is 0.240 e. The van der Waals surface area contributed by atoms with Crippen LogP contribution in [0.1, 0.15) is 32.1 Å². The van der Waals surface area contributed by atoms with E-state index in [2.05, 4.69) is 4.72 Å². The number of nitrogens with one attached hydrogen (secondary N) is 1. The second kappa shape index (κ2) is 6.43. The van der Waals surface area contributed by atoms with Crippen LogP contribution in [0.25, 0.3) is 0 Å². The van der Waals surface area contributed by atoms with Crippen LogP contribution < -0.4 is 9.86 Å². The van der Waals surface area contributed by atoms with Gasteiger partial charge in [0, 0.05) is 6.54 Å². The number of rotatable bonds is 6. The van der Waals surface area contributed by atoms with E-state index in [4.69, 9.17) is 5.14 Å². The number of hydrogen-bond donors (Lipinski definition) is 2. The maximum atomic E-state index is 12.1. The molecule has 21 heavy (non-hydrogen) atoms. The number of nitrogens with two attached hydrogens (primary N) is 1. The zero-order chi connectivity index (χ0) is 15.5. The highest BCUT2D eigenvalue weighted by molar-refractivity contribution is 7.90. The molecule has 0 spiro atoms. The van der Waals surface area contributed by atoms with Crippen LogP contribution in [0.3, 0.4) is 0 Å². The average molecular weight is 332 g/mol. The number of hydrogen-bond acceptors (Lipinski definition) is 4. The van der Waals surface area contributed by atoms with E-state index >= 15 is 0 Å². The number of primary sulfonamides is 1. The minimum Gasteiger partial charge on any atom is -0.225 e. The Hall–Kier alpha value is -0.960. The molecule has 0 amide bonds. The lowest BCUT2D eigenvalue weighted by Gasteiger charge is -2.11. The summed E-state index contributed by atoms with van der Waals surface area (Å²) >= 11 is 0. The van der Waals surface area contributed by atoms with Crippen LogP contribution in [-0.4, -0.2) is 23.4 Å². The molecule has 0 heterocycles. The first-order valence-corrected chi connectivity index (χ1v) is 9.94. The second-order valence-corrected chi connectivity index (χ2v) is 8.69. The van der Waals surface area contributed by atoms with Gasteiger partial charge in [-0.1, -0.05) is 31.7 Å². The van der Waals surface area contributed by atoms with Crippen LogP contribution in [-0.2, 0) is 20.0 Å². The van der Waals surface area contributed by atoms with E-state index in [1.807, 2.05) is 0 Å². The summed E-state index contributed by atoms with van der Waals surface area (Å²) in [6.07, 6.45) is 5.56. The predicted molar refractivity (Wildman–Crippen MR) is 79.6 cm³/mol. The summed E-state index contributed by atoms with van der Waals surface area (Å²) in [4.78, 5) is -0.290. The first-order valence-electron chi connectivity index (χ1n) is 6.91. The van der Waals surface area contributed by atoms with Gasteiger partial charge >= 0.3 is 0 Å². The van der Waals surface area contributed by atoms with Gasteiger partial charge in [0.1, 0.15) is 0 Å². The summed E-state index contributed by atoms with van der Waals surface area (Å²) in [5.41, 5.74) is 0. The molecule has 1 aliphatic carbocycles. The summed E-state index contributed by atoms with van der Waals surface area (Å²) in [5.74, 6) is 0.587. The maximum absolute atomic E-state index is 12.1. The molecule has 0 bridgehead atoms. The van der Waals surface area contributed by atoms with E-state index in [-0.39, 0.29) is 9.79 Å². The lowest BCUT2D eigenvalue weighted by molar-refractivity contribution is 0.495. The molecule has 3 N–H and O–H groups in total. The Balaban J connectivity index is 2.05. The van der Waals surface area contributed by atoms with Crippen LogP contribution in [0.2, 0.25) is 0 Å². The van der Waals surface area contributed by atoms with E-state index in [0.717, 1.165) is 25.3 Å². The molecule has 2 rings (SSSR count). The highest BCUT2D eigenvalue weighted by Crippen LogP contribution is 2.27. The van der Waals surface area contributed by atoms with Gasteiger partial charge in [-0.2, -0.15) is 0 Å². The van der Waals surface area contributed by atoms with Gasteiger partial charge in [-0.25, -0.2) is 26.7 Å². The van der Waals surface area contributed by atoms with Crippen LogP contribution in [0.15, 0.2) is 34.1 Å². The largest absolute Gasteiger partial charge is 0.240 e. The van der Waals surface area contributed by atoms with Crippen LogP contribution >= 0.6 is 0 Å². The van der Waals surface area contributed by atoms with Crippen molar-refractivity contribution in [1.82, 2.24) is 4.72 Å². The zero-order valence-corrected chi connectivity index (χ0v) is 13.3. The molecule has 0 radical (unpaired) electrons. The third kappa shape index (κ3) is 4.50. The number of sulfonamides is 2. The van der Waals surface area contributed by atoms with Crippen molar-refractivity contribution in [2.45, 2.75) is 41.9 Å². The fourth-order valence-corrected chi connectivity index (χ4v) is 4.33. The van der Waals surface area contributed by atoms with Crippen molar-refractivity contribution in [1.29, 1.82) is 0 Å². The Morgan fingerprint density at radius 3 is 2.33 bits per heavy atom. The van der Waals surface area contributed by atoms with Gasteiger partial charge in [0.2, 0.25) is 20.0 Å². The van der Waals surface area contributed by atoms with Crippen molar-refractivity contribution in [2.24, 2.45) is 11.1 Å². The van der Waals surface area contributed by atoms with Gasteiger partial charge in [-0.3, -0.25) is 0 Å². The van der Waals surface area contributed by atoms with Crippen molar-refractivity contribution in [3.8, 4) is 0 Å². The standard InChI is InChI=1S/C13H20N2O4S2/c14-20(16,17)12-6-3-7-13(10-12)21(18,19)15-9-8-11-4-1-2-5-11/h3,6-7,10-11,15H,1-2,4-5,8-9H2,(H2,14,16,17). The minimum atomic E-state index is -3.91. The van der Waals surface area contributed by atoms with Crippen LogP contribution in [0.5, 0.6) is 0 Å². The van der Waals surface area contributed by atoms with Gasteiger partial charge < -0.3 is 0 Å². The third-order valence-electron chi connectivity index (χ3n) is 3.76. The van der Waals surface area contributed by atoms with Gasteiger partial charge in [0.05, 0.1) is 9.79 Å². The minimum absolute atomic E-state index is 0.0829. The molecule has 1 fully saturated rings. The predicted octanol–water partition coefficient (Wildman–Crippen LogP) is 1.19. The molecule has 1 saturated carbocycles. The highest BCUT2D eigenvalue weighted by atomic mass is 32.2. The summed E-state index contributed by atoms with van der Waals surface area (Å²) < 4.78 is 49.3. The lowest BCUT2D eigenvalue weighted by atomic mass is 10.1. The molecule has 0 unspecified atom stereocenters. The molecular weight excluding hydrogens is 312 g/mol. The van der Waals surface area contributed by atoms with E-state index in [1.54, 1.807) is 0 Å². The average Bonchev–Trinajstić information content (AvgIpc) is 2.91. The first-order chi connectivity index (χ1) is 9.79. The van der Waals surface area contributed by atoms with Crippen molar-refractivity contribution in [3.05, 3.63) is 24.3 Å². The summed E-state index contributed by atoms with van der Waals surface area (Å²) in [6, 6.07) is 5.07. The summed E-state index contributed by atoms with van der Waals surface area (Å²) in [6.45, 7) is 0.368. The van der Waals surface area contributed by atoms with Gasteiger partial charge in [-0.05, 0) is 30.5 Å². The molecule has 6 nitrogen and oxygen atoms in total. The first kappa shape index (κ1) is 16.4. The van der Waals surface area contributed by atoms with Gasteiger partial charge in [0.15, 0.2) is 0 Å². The molecule has 0 saturated heterocycles. The van der Waals surface area contributed by atoms with Crippen molar-refractivity contribution in [2.75, 3.05) is 6.54 Å². The molecule has 118 valence electrons. The van der Waals surface area contributed by atoms with Crippen LogP contribution in [0.4, 0.5) is 0 Å². The van der Waals surface area contributed by atoms with Crippen molar-refractivity contribution in [3.63, 3.8) is 0 Å². The van der Waals surface area contributed by atoms with E-state index in [1.165, 1.54) is 31.0 Å². The monoisotopic (exact) mass is 332 g/mol. The van der Waals surface area contributed by atoms with E-state index in [9.17, 15) is 16.8 Å². The Morgan fingerprint density at radius 2 is 1.71 bits per heavy atom. The SMILES string of the molecule is NS(=O)(=O)c1cccc(S(=O)(=O)NCCC2CCCC2)c1. The quantitative estimate of drug-likeness (QED) is 0.816. The van der Waals surface area contributed by atoms with Gasteiger partial charge in [-0.15, -0.1) is 0 Å². The third-order valence-corrected chi connectivity index (χ3v) is 6.13. The van der Waals surface area contributed by atoms with Crippen molar-refractivity contribution >= 4 is 20.0 Å². The Kier molecular flexibility index (Phi) is 5.03. The van der Waals surface area contributed by atoms with Crippen LogP contribution in [0, 0.1) is 5.92 Å². The van der Waals surface area contributed by atoms with Crippen molar-refractivity contribution < 1.29 is 16.8 Å². The Morgan fingerprint density at radius 1 is 1.10 bits per heavy atom. The molecule has 1 aromatic rings. The molecule has 1 aromatic carbocycles. The molecule has 0 aromatic heterocycles. The topological polar surface area (TPSA) is 106 Å². The highest BCUT2D eigenvalue weighted by Gasteiger charge is 2.19. The fraction of sp³-hybridized carbons (Fsp3) is 0.538. The fourth-order valence-electron chi connectivity index (χ4n) is 2.60. The Labute approximate surface area is 125 Å². The normalized spacial score (nSPS) is 17.2. The van der Waals surface area contributed by atoms with E-state index in [0.29, 0.717) is 12.5 Å². The van der Waals surface area contributed by atoms with Gasteiger partial charge in [0.25, 0.3) is 0 Å². The zero-order valence-electron chi connectivity index (χ0n) is 11.7. The smallest absolute Gasteiger partial charge is 0.225 e. The lowest BCUT2D eigenvalue weighted by Crippen LogP contribution is -2.26.